The van der Waals surface area contributed by atoms with Gasteiger partial charge >= 0.3 is 0 Å². The Morgan fingerprint density at radius 1 is 0.793 bits per heavy atom. The van der Waals surface area contributed by atoms with Crippen LogP contribution in [0.25, 0.3) is 11.0 Å². The first-order valence-electron chi connectivity index (χ1n) is 9.64. The van der Waals surface area contributed by atoms with Gasteiger partial charge < -0.3 is 18.8 Å². The maximum atomic E-state index is 6.05. The Morgan fingerprint density at radius 3 is 2.28 bits per heavy atom. The van der Waals surface area contributed by atoms with Gasteiger partial charge in [0.15, 0.2) is 11.5 Å². The summed E-state index contributed by atoms with van der Waals surface area (Å²) in [4.78, 5) is 4.77. The van der Waals surface area contributed by atoms with Crippen LogP contribution in [0.4, 0.5) is 0 Å². The summed E-state index contributed by atoms with van der Waals surface area (Å²) in [7, 11) is 1.65. The van der Waals surface area contributed by atoms with E-state index in [9.17, 15) is 0 Å². The van der Waals surface area contributed by atoms with Crippen LogP contribution >= 0.6 is 0 Å². The number of aryl methyl sites for hydroxylation is 1. The molecular weight excluding hydrogens is 364 g/mol. The molecule has 0 N–H and O–H groups in total. The minimum absolute atomic E-state index is 0.397. The zero-order valence-electron chi connectivity index (χ0n) is 16.7. The Bertz CT molecular complexity index is 1100. The second-order valence-electron chi connectivity index (χ2n) is 6.72. The highest BCUT2D eigenvalue weighted by Gasteiger charge is 2.12. The van der Waals surface area contributed by atoms with Gasteiger partial charge in [-0.05, 0) is 42.8 Å². The van der Waals surface area contributed by atoms with Crippen LogP contribution < -0.4 is 14.2 Å². The molecule has 1 aromatic heterocycles. The second kappa shape index (κ2) is 8.69. The van der Waals surface area contributed by atoms with Gasteiger partial charge in [-0.15, -0.1) is 0 Å². The highest BCUT2D eigenvalue weighted by atomic mass is 16.5. The molecule has 0 aliphatic carbocycles. The highest BCUT2D eigenvalue weighted by Crippen LogP contribution is 2.26. The third kappa shape index (κ3) is 4.19. The number of imidazole rings is 1. The molecule has 0 unspecified atom stereocenters. The summed E-state index contributed by atoms with van der Waals surface area (Å²) in [6.45, 7) is 3.59. The van der Waals surface area contributed by atoms with Crippen LogP contribution in [0, 0.1) is 6.92 Å². The molecule has 0 aliphatic rings. The average molecular weight is 388 g/mol. The number of para-hydroxylation sites is 5. The van der Waals surface area contributed by atoms with E-state index in [-0.39, 0.29) is 0 Å². The molecule has 0 aliphatic heterocycles. The van der Waals surface area contributed by atoms with Crippen LogP contribution in [-0.2, 0) is 13.2 Å². The summed E-state index contributed by atoms with van der Waals surface area (Å²) in [6.07, 6.45) is 0. The van der Waals surface area contributed by atoms with Gasteiger partial charge in [0, 0.05) is 0 Å². The van der Waals surface area contributed by atoms with E-state index in [1.807, 2.05) is 73.7 Å². The van der Waals surface area contributed by atoms with Crippen LogP contribution in [0.1, 0.15) is 11.4 Å². The van der Waals surface area contributed by atoms with E-state index in [4.69, 9.17) is 19.2 Å². The van der Waals surface area contributed by atoms with E-state index in [0.29, 0.717) is 19.8 Å². The predicted octanol–water partition coefficient (Wildman–Crippen LogP) is 5.01. The number of ether oxygens (including phenoxy) is 3. The molecule has 4 aromatic rings. The lowest BCUT2D eigenvalue weighted by molar-refractivity contribution is 0.264. The number of benzene rings is 3. The standard InChI is InChI=1S/C24H24N2O3/c1-18-9-3-6-12-21(18)29-17-24-25-19-10-4-5-11-20(19)26(24)15-16-28-23-14-8-7-13-22(23)27-2/h3-14H,15-17H2,1-2H3. The number of methoxy groups -OCH3 is 1. The average Bonchev–Trinajstić information content (AvgIpc) is 3.11. The molecule has 3 aromatic carbocycles. The molecule has 5 heteroatoms. The maximum Gasteiger partial charge on any atom is 0.161 e. The molecule has 148 valence electrons. The summed E-state index contributed by atoms with van der Waals surface area (Å²) in [5.41, 5.74) is 3.13. The van der Waals surface area contributed by atoms with Crippen LogP contribution in [0.15, 0.2) is 72.8 Å². The van der Waals surface area contributed by atoms with Crippen molar-refractivity contribution in [3.8, 4) is 17.2 Å². The Kier molecular flexibility index (Phi) is 5.66. The number of fused-ring (bicyclic) bond motifs is 1. The van der Waals surface area contributed by atoms with E-state index >= 15 is 0 Å². The zero-order valence-corrected chi connectivity index (χ0v) is 16.7. The molecule has 0 radical (unpaired) electrons. The van der Waals surface area contributed by atoms with Crippen molar-refractivity contribution in [2.75, 3.05) is 13.7 Å². The van der Waals surface area contributed by atoms with Gasteiger partial charge in [0.1, 0.15) is 24.8 Å². The fourth-order valence-electron chi connectivity index (χ4n) is 3.33. The molecule has 0 saturated carbocycles. The number of hydrogen-bond donors (Lipinski definition) is 0. The molecule has 4 rings (SSSR count). The largest absolute Gasteiger partial charge is 0.493 e. The predicted molar refractivity (Wildman–Crippen MR) is 114 cm³/mol. The fourth-order valence-corrected chi connectivity index (χ4v) is 3.33. The van der Waals surface area contributed by atoms with Gasteiger partial charge in [0.05, 0.1) is 24.7 Å². The molecule has 0 amide bonds. The molecular formula is C24H24N2O3. The van der Waals surface area contributed by atoms with Crippen molar-refractivity contribution in [2.45, 2.75) is 20.1 Å². The first kappa shape index (κ1) is 18.9. The Balaban J connectivity index is 1.53. The lowest BCUT2D eigenvalue weighted by Crippen LogP contribution is -2.13. The Morgan fingerprint density at radius 2 is 1.48 bits per heavy atom. The van der Waals surface area contributed by atoms with Gasteiger partial charge in [-0.3, -0.25) is 0 Å². The summed E-state index contributed by atoms with van der Waals surface area (Å²) in [6, 6.07) is 23.8. The smallest absolute Gasteiger partial charge is 0.161 e. The van der Waals surface area contributed by atoms with Gasteiger partial charge in [-0.2, -0.15) is 0 Å². The SMILES string of the molecule is COc1ccccc1OCCn1c(COc2ccccc2C)nc2ccccc21. The molecule has 0 spiro atoms. The lowest BCUT2D eigenvalue weighted by Gasteiger charge is -2.13. The quantitative estimate of drug-likeness (QED) is 0.426. The lowest BCUT2D eigenvalue weighted by atomic mass is 10.2. The Hall–Kier alpha value is -3.47. The monoisotopic (exact) mass is 388 g/mol. The first-order chi connectivity index (χ1) is 14.3. The normalized spacial score (nSPS) is 10.8. The van der Waals surface area contributed by atoms with Crippen molar-refractivity contribution in [3.05, 3.63) is 84.2 Å². The number of aromatic nitrogens is 2. The van der Waals surface area contributed by atoms with E-state index in [1.54, 1.807) is 7.11 Å². The van der Waals surface area contributed by atoms with E-state index in [1.165, 1.54) is 0 Å². The van der Waals surface area contributed by atoms with Crippen LogP contribution in [0.2, 0.25) is 0 Å². The minimum Gasteiger partial charge on any atom is -0.493 e. The summed E-state index contributed by atoms with van der Waals surface area (Å²) < 4.78 is 19.5. The molecule has 0 bridgehead atoms. The summed E-state index contributed by atoms with van der Waals surface area (Å²) in [5.74, 6) is 3.21. The Labute approximate surface area is 170 Å². The molecule has 1 heterocycles. The fraction of sp³-hybridized carbons (Fsp3) is 0.208. The van der Waals surface area contributed by atoms with Gasteiger partial charge in [0.2, 0.25) is 0 Å². The second-order valence-corrected chi connectivity index (χ2v) is 6.72. The minimum atomic E-state index is 0.397. The number of hydrogen-bond acceptors (Lipinski definition) is 4. The van der Waals surface area contributed by atoms with Gasteiger partial charge in [-0.1, -0.05) is 42.5 Å². The summed E-state index contributed by atoms with van der Waals surface area (Å²) >= 11 is 0. The van der Waals surface area contributed by atoms with Crippen molar-refractivity contribution in [2.24, 2.45) is 0 Å². The third-order valence-electron chi connectivity index (χ3n) is 4.83. The topological polar surface area (TPSA) is 45.5 Å². The number of nitrogens with zero attached hydrogens (tertiary/aromatic N) is 2. The summed E-state index contributed by atoms with van der Waals surface area (Å²) in [5, 5.41) is 0. The van der Waals surface area contributed by atoms with Crippen LogP contribution in [0.3, 0.4) is 0 Å². The van der Waals surface area contributed by atoms with Crippen molar-refractivity contribution in [1.82, 2.24) is 9.55 Å². The molecule has 0 fully saturated rings. The van der Waals surface area contributed by atoms with Crippen LogP contribution in [-0.4, -0.2) is 23.3 Å². The number of rotatable bonds is 8. The van der Waals surface area contributed by atoms with Crippen molar-refractivity contribution < 1.29 is 14.2 Å². The van der Waals surface area contributed by atoms with Gasteiger partial charge in [-0.25, -0.2) is 4.98 Å². The maximum absolute atomic E-state index is 6.05. The molecule has 5 nitrogen and oxygen atoms in total. The van der Waals surface area contributed by atoms with Crippen LogP contribution in [0.5, 0.6) is 17.2 Å². The molecule has 29 heavy (non-hydrogen) atoms. The molecule has 0 atom stereocenters. The van der Waals surface area contributed by atoms with E-state index in [0.717, 1.165) is 39.7 Å². The van der Waals surface area contributed by atoms with E-state index in [2.05, 4.69) is 10.6 Å². The molecule has 0 saturated heterocycles. The van der Waals surface area contributed by atoms with Crippen molar-refractivity contribution in [1.29, 1.82) is 0 Å². The highest BCUT2D eigenvalue weighted by molar-refractivity contribution is 5.75. The van der Waals surface area contributed by atoms with Gasteiger partial charge in [0.25, 0.3) is 0 Å². The zero-order chi connectivity index (χ0) is 20.1. The first-order valence-corrected chi connectivity index (χ1v) is 9.64. The third-order valence-corrected chi connectivity index (χ3v) is 4.83. The van der Waals surface area contributed by atoms with Crippen molar-refractivity contribution in [3.63, 3.8) is 0 Å². The van der Waals surface area contributed by atoms with E-state index < -0.39 is 0 Å². The van der Waals surface area contributed by atoms with Crippen molar-refractivity contribution >= 4 is 11.0 Å².